The lowest BCUT2D eigenvalue weighted by atomic mass is 10.3. The molecule has 0 bridgehead atoms. The predicted octanol–water partition coefficient (Wildman–Crippen LogP) is 2.27. The van der Waals surface area contributed by atoms with Crippen molar-refractivity contribution in [3.05, 3.63) is 39.8 Å². The number of thiazole rings is 1. The monoisotopic (exact) mass is 320 g/mol. The predicted molar refractivity (Wildman–Crippen MR) is 83.5 cm³/mol. The molecule has 0 spiro atoms. The molecule has 0 aliphatic rings. The lowest BCUT2D eigenvalue weighted by Crippen LogP contribution is -2.14. The third-order valence-corrected chi connectivity index (χ3v) is 4.09. The van der Waals surface area contributed by atoms with Crippen molar-refractivity contribution in [2.24, 2.45) is 0 Å². The molecule has 6 nitrogen and oxygen atoms in total. The van der Waals surface area contributed by atoms with Crippen molar-refractivity contribution in [2.45, 2.75) is 19.8 Å². The largest absolute Gasteiger partial charge is 0.497 e. The highest BCUT2D eigenvalue weighted by atomic mass is 32.1. The van der Waals surface area contributed by atoms with Crippen molar-refractivity contribution in [1.29, 1.82) is 0 Å². The van der Waals surface area contributed by atoms with E-state index in [2.05, 4.69) is 10.3 Å². The number of aryl methyl sites for hydroxylation is 1. The molecule has 2 rings (SSSR count). The van der Waals surface area contributed by atoms with Gasteiger partial charge in [-0.3, -0.25) is 9.59 Å². The van der Waals surface area contributed by atoms with Crippen LogP contribution in [0.5, 0.6) is 5.75 Å². The Hall–Kier alpha value is -2.41. The average Bonchev–Trinajstić information content (AvgIpc) is 2.78. The number of rotatable bonds is 6. The molecule has 1 aromatic carbocycles. The zero-order chi connectivity index (χ0) is 16.1. The number of carboxylic acids is 1. The maximum absolute atomic E-state index is 12.0. The number of amides is 1. The number of nitrogens with zero attached hydrogens (tertiary/aromatic N) is 1. The maximum Gasteiger partial charge on any atom is 0.308 e. The van der Waals surface area contributed by atoms with Gasteiger partial charge in [0.25, 0.3) is 0 Å². The Morgan fingerprint density at radius 2 is 1.95 bits per heavy atom. The van der Waals surface area contributed by atoms with Gasteiger partial charge in [-0.1, -0.05) is 0 Å². The molecular formula is C15H16N2O4S. The first-order valence-corrected chi connectivity index (χ1v) is 7.40. The van der Waals surface area contributed by atoms with Gasteiger partial charge in [0.05, 0.1) is 25.6 Å². The van der Waals surface area contributed by atoms with Crippen molar-refractivity contribution in [3.8, 4) is 5.75 Å². The second kappa shape index (κ2) is 7.04. The van der Waals surface area contributed by atoms with Gasteiger partial charge in [-0.2, -0.15) is 0 Å². The molecule has 0 aliphatic carbocycles. The van der Waals surface area contributed by atoms with Crippen LogP contribution in [-0.2, 0) is 22.4 Å². The fraction of sp³-hybridized carbons (Fsp3) is 0.267. The summed E-state index contributed by atoms with van der Waals surface area (Å²) < 4.78 is 5.05. The first-order valence-electron chi connectivity index (χ1n) is 6.59. The highest BCUT2D eigenvalue weighted by molar-refractivity contribution is 7.12. The first-order chi connectivity index (χ1) is 10.5. The Bertz CT molecular complexity index is 679. The molecule has 2 N–H and O–H groups in total. The van der Waals surface area contributed by atoms with Crippen LogP contribution >= 0.6 is 11.3 Å². The average molecular weight is 320 g/mol. The van der Waals surface area contributed by atoms with Crippen LogP contribution in [0.1, 0.15) is 15.6 Å². The summed E-state index contributed by atoms with van der Waals surface area (Å²) in [5, 5.41) is 12.2. The first kappa shape index (κ1) is 16.0. The van der Waals surface area contributed by atoms with Gasteiger partial charge >= 0.3 is 5.97 Å². The van der Waals surface area contributed by atoms with Crippen molar-refractivity contribution in [2.75, 3.05) is 12.4 Å². The summed E-state index contributed by atoms with van der Waals surface area (Å²) in [6.07, 6.45) is 0.0563. The van der Waals surface area contributed by atoms with Crippen molar-refractivity contribution < 1.29 is 19.4 Å². The second-order valence-electron chi connectivity index (χ2n) is 4.64. The molecule has 0 unspecified atom stereocenters. The van der Waals surface area contributed by atoms with Crippen molar-refractivity contribution >= 4 is 28.9 Å². The maximum atomic E-state index is 12.0. The summed E-state index contributed by atoms with van der Waals surface area (Å²) in [4.78, 5) is 27.6. The number of carboxylic acid groups (broad SMARTS) is 1. The van der Waals surface area contributed by atoms with E-state index in [1.807, 2.05) is 0 Å². The molecule has 22 heavy (non-hydrogen) atoms. The Balaban J connectivity index is 1.97. The van der Waals surface area contributed by atoms with E-state index >= 15 is 0 Å². The van der Waals surface area contributed by atoms with Crippen LogP contribution in [0.15, 0.2) is 24.3 Å². The Kier molecular flexibility index (Phi) is 5.11. The summed E-state index contributed by atoms with van der Waals surface area (Å²) >= 11 is 1.26. The molecule has 1 heterocycles. The molecule has 0 saturated carbocycles. The number of benzene rings is 1. The zero-order valence-corrected chi connectivity index (χ0v) is 13.1. The van der Waals surface area contributed by atoms with E-state index < -0.39 is 5.97 Å². The highest BCUT2D eigenvalue weighted by Crippen LogP contribution is 2.20. The van der Waals surface area contributed by atoms with Crippen LogP contribution in [0.3, 0.4) is 0 Å². The summed E-state index contributed by atoms with van der Waals surface area (Å²) in [6, 6.07) is 7.02. The van der Waals surface area contributed by atoms with Gasteiger partial charge in [0.15, 0.2) is 0 Å². The number of nitrogens with one attached hydrogen (secondary N) is 1. The molecule has 0 radical (unpaired) electrons. The molecule has 0 aliphatic heterocycles. The van der Waals surface area contributed by atoms with Crippen molar-refractivity contribution in [1.82, 2.24) is 4.98 Å². The minimum atomic E-state index is -0.902. The molecule has 2 aromatic rings. The van der Waals surface area contributed by atoms with Crippen LogP contribution < -0.4 is 10.1 Å². The Labute approximate surface area is 131 Å². The van der Waals surface area contributed by atoms with Crippen LogP contribution in [0.25, 0.3) is 0 Å². The molecule has 0 saturated heterocycles. The standard InChI is InChI=1S/C15H16N2O4S/c1-9-12(7-15(19)20)22-14(16-9)8-13(18)17-10-3-5-11(21-2)6-4-10/h3-6H,7-8H2,1-2H3,(H,17,18)(H,19,20). The number of carbonyl (C=O) groups is 2. The summed E-state index contributed by atoms with van der Waals surface area (Å²) in [7, 11) is 1.58. The molecule has 0 atom stereocenters. The van der Waals surface area contributed by atoms with E-state index in [0.717, 1.165) is 0 Å². The zero-order valence-electron chi connectivity index (χ0n) is 12.3. The number of aromatic nitrogens is 1. The third kappa shape index (κ3) is 4.29. The Morgan fingerprint density at radius 1 is 1.27 bits per heavy atom. The normalized spacial score (nSPS) is 10.3. The number of hydrogen-bond acceptors (Lipinski definition) is 5. The SMILES string of the molecule is COc1ccc(NC(=O)Cc2nc(C)c(CC(=O)O)s2)cc1. The van der Waals surface area contributed by atoms with Gasteiger partial charge in [0, 0.05) is 10.6 Å². The number of aliphatic carboxylic acids is 1. The third-order valence-electron chi connectivity index (χ3n) is 2.93. The highest BCUT2D eigenvalue weighted by Gasteiger charge is 2.13. The summed E-state index contributed by atoms with van der Waals surface area (Å²) in [5.41, 5.74) is 1.34. The van der Waals surface area contributed by atoms with Gasteiger partial charge in [-0.25, -0.2) is 4.98 Å². The molecule has 116 valence electrons. The van der Waals surface area contributed by atoms with Gasteiger partial charge in [0.2, 0.25) is 5.91 Å². The fourth-order valence-electron chi connectivity index (χ4n) is 1.88. The van der Waals surface area contributed by atoms with E-state index in [1.54, 1.807) is 38.3 Å². The van der Waals surface area contributed by atoms with E-state index in [4.69, 9.17) is 9.84 Å². The topological polar surface area (TPSA) is 88.5 Å². The molecule has 7 heteroatoms. The number of hydrogen-bond donors (Lipinski definition) is 2. The smallest absolute Gasteiger partial charge is 0.308 e. The van der Waals surface area contributed by atoms with Crippen LogP contribution in [0, 0.1) is 6.92 Å². The molecular weight excluding hydrogens is 304 g/mol. The van der Waals surface area contributed by atoms with E-state index in [-0.39, 0.29) is 18.7 Å². The van der Waals surface area contributed by atoms with E-state index in [9.17, 15) is 9.59 Å². The van der Waals surface area contributed by atoms with Gasteiger partial charge in [-0.05, 0) is 31.2 Å². The minimum absolute atomic E-state index is 0.0659. The van der Waals surface area contributed by atoms with Gasteiger partial charge in [-0.15, -0.1) is 11.3 Å². The van der Waals surface area contributed by atoms with E-state index in [0.29, 0.717) is 27.0 Å². The van der Waals surface area contributed by atoms with Crippen LogP contribution in [0.4, 0.5) is 5.69 Å². The van der Waals surface area contributed by atoms with Gasteiger partial charge in [0.1, 0.15) is 10.8 Å². The van der Waals surface area contributed by atoms with Crippen molar-refractivity contribution in [3.63, 3.8) is 0 Å². The quantitative estimate of drug-likeness (QED) is 0.852. The second-order valence-corrected chi connectivity index (χ2v) is 5.81. The van der Waals surface area contributed by atoms with Crippen LogP contribution in [-0.4, -0.2) is 29.1 Å². The number of anilines is 1. The molecule has 0 fully saturated rings. The Morgan fingerprint density at radius 3 is 2.55 bits per heavy atom. The lowest BCUT2D eigenvalue weighted by molar-refractivity contribution is -0.136. The minimum Gasteiger partial charge on any atom is -0.497 e. The number of methoxy groups -OCH3 is 1. The number of carbonyl (C=O) groups excluding carboxylic acids is 1. The number of ether oxygens (including phenoxy) is 1. The van der Waals surface area contributed by atoms with Gasteiger partial charge < -0.3 is 15.2 Å². The van der Waals surface area contributed by atoms with E-state index in [1.165, 1.54) is 11.3 Å². The lowest BCUT2D eigenvalue weighted by Gasteiger charge is -2.05. The summed E-state index contributed by atoms with van der Waals surface area (Å²) in [5.74, 6) is -0.381. The van der Waals surface area contributed by atoms with Crippen LogP contribution in [0.2, 0.25) is 0 Å². The summed E-state index contributed by atoms with van der Waals surface area (Å²) in [6.45, 7) is 1.75. The fourth-order valence-corrected chi connectivity index (χ4v) is 2.94. The molecule has 1 amide bonds. The molecule has 1 aromatic heterocycles.